The number of rotatable bonds is 9. The minimum Gasteiger partial charge on any atom is -0.349 e. The molecule has 0 fully saturated rings. The van der Waals surface area contributed by atoms with Gasteiger partial charge in [-0.1, -0.05) is 13.8 Å². The van der Waals surface area contributed by atoms with Crippen molar-refractivity contribution >= 4 is 28.3 Å². The lowest BCUT2D eigenvalue weighted by Gasteiger charge is -2.33. The second-order valence-corrected chi connectivity index (χ2v) is 8.75. The lowest BCUT2D eigenvalue weighted by atomic mass is 9.88. The van der Waals surface area contributed by atoms with Crippen LogP contribution < -0.4 is 11.1 Å². The van der Waals surface area contributed by atoms with Crippen molar-refractivity contribution in [2.24, 2.45) is 11.7 Å². The van der Waals surface area contributed by atoms with Crippen molar-refractivity contribution in [2.75, 3.05) is 20.1 Å². The highest BCUT2D eigenvalue weighted by atomic mass is 35.5. The third-order valence-electron chi connectivity index (χ3n) is 4.52. The van der Waals surface area contributed by atoms with Crippen LogP contribution in [0.1, 0.15) is 33.6 Å². The fourth-order valence-corrected chi connectivity index (χ4v) is 3.39. The highest BCUT2D eigenvalue weighted by Gasteiger charge is 2.28. The Labute approximate surface area is 161 Å². The van der Waals surface area contributed by atoms with Crippen LogP contribution in [-0.2, 0) is 14.8 Å². The Bertz CT molecular complexity index is 683. The average Bonchev–Trinajstić information content (AvgIpc) is 2.54. The molecule has 1 aromatic carbocycles. The Balaban J connectivity index is 0.00000625. The zero-order valence-electron chi connectivity index (χ0n) is 15.7. The van der Waals surface area contributed by atoms with Gasteiger partial charge in [0.05, 0.1) is 10.4 Å². The molecule has 0 aromatic heterocycles. The number of nitrogens with two attached hydrogens (primary N) is 1. The van der Waals surface area contributed by atoms with Gasteiger partial charge in [0, 0.05) is 26.6 Å². The first-order valence-electron chi connectivity index (χ1n) is 8.26. The summed E-state index contributed by atoms with van der Waals surface area (Å²) in [5.74, 6) is -0.469. The summed E-state index contributed by atoms with van der Waals surface area (Å²) in [6.45, 7) is 6.37. The van der Waals surface area contributed by atoms with Crippen molar-refractivity contribution in [1.29, 1.82) is 0 Å². The van der Waals surface area contributed by atoms with Gasteiger partial charge < -0.3 is 11.1 Å². The van der Waals surface area contributed by atoms with E-state index in [0.717, 1.165) is 16.4 Å². The predicted octanol–water partition coefficient (Wildman–Crippen LogP) is 2.14. The zero-order valence-corrected chi connectivity index (χ0v) is 17.3. The summed E-state index contributed by atoms with van der Waals surface area (Å²) in [4.78, 5) is 12.1. The van der Waals surface area contributed by atoms with E-state index < -0.39 is 21.4 Å². The highest BCUT2D eigenvalue weighted by molar-refractivity contribution is 7.89. The van der Waals surface area contributed by atoms with Gasteiger partial charge in [-0.2, -0.15) is 0 Å². The van der Waals surface area contributed by atoms with Crippen molar-refractivity contribution in [3.63, 3.8) is 0 Å². The van der Waals surface area contributed by atoms with Crippen molar-refractivity contribution in [1.82, 2.24) is 9.62 Å². The number of hydrogen-bond donors (Lipinski definition) is 2. The molecule has 1 unspecified atom stereocenters. The highest BCUT2D eigenvalue weighted by Crippen LogP contribution is 2.17. The lowest BCUT2D eigenvalue weighted by Crippen LogP contribution is -2.55. The van der Waals surface area contributed by atoms with Crippen molar-refractivity contribution < 1.29 is 17.6 Å². The Kier molecular flexibility index (Phi) is 9.72. The fraction of sp³-hybridized carbons (Fsp3) is 0.588. The average molecular weight is 410 g/mol. The molecule has 0 saturated heterocycles. The second-order valence-electron chi connectivity index (χ2n) is 6.71. The van der Waals surface area contributed by atoms with Gasteiger partial charge in [0.15, 0.2) is 0 Å². The topological polar surface area (TPSA) is 92.5 Å². The molecule has 1 rings (SSSR count). The van der Waals surface area contributed by atoms with Crippen LogP contribution in [0.15, 0.2) is 29.2 Å². The van der Waals surface area contributed by atoms with E-state index in [1.165, 1.54) is 19.2 Å². The van der Waals surface area contributed by atoms with E-state index in [4.69, 9.17) is 5.73 Å². The van der Waals surface area contributed by atoms with Crippen LogP contribution in [0.4, 0.5) is 4.39 Å². The molecule has 1 atom stereocenters. The van der Waals surface area contributed by atoms with Crippen LogP contribution in [0.25, 0.3) is 0 Å². The monoisotopic (exact) mass is 409 g/mol. The van der Waals surface area contributed by atoms with Gasteiger partial charge in [-0.15, -0.1) is 12.4 Å². The third kappa shape index (κ3) is 6.50. The summed E-state index contributed by atoms with van der Waals surface area (Å²) in [7, 11) is -2.25. The maximum absolute atomic E-state index is 12.9. The van der Waals surface area contributed by atoms with E-state index in [1.54, 1.807) is 0 Å². The number of sulfonamides is 1. The predicted molar refractivity (Wildman–Crippen MR) is 103 cm³/mol. The first-order valence-corrected chi connectivity index (χ1v) is 9.70. The smallest absolute Gasteiger partial charge is 0.242 e. The van der Waals surface area contributed by atoms with E-state index in [-0.39, 0.29) is 42.1 Å². The molecule has 0 heterocycles. The standard InChI is InChI=1S/C17H28FN3O3S.ClH/c1-13(2)17(3,12-19)20-16(22)6-5-11-21(4)25(23,24)15-9-7-14(18)8-10-15;/h7-10,13H,5-6,11-12,19H2,1-4H3,(H,20,22);1H. The summed E-state index contributed by atoms with van der Waals surface area (Å²) in [6, 6.07) is 4.66. The largest absolute Gasteiger partial charge is 0.349 e. The van der Waals surface area contributed by atoms with Crippen LogP contribution in [0.5, 0.6) is 0 Å². The SMILES string of the molecule is CC(C)C(C)(CN)NC(=O)CCCN(C)S(=O)(=O)c1ccc(F)cc1.Cl. The molecule has 0 aliphatic rings. The van der Waals surface area contributed by atoms with Crippen LogP contribution in [-0.4, -0.2) is 44.3 Å². The minimum atomic E-state index is -3.69. The molecule has 0 radical (unpaired) electrons. The van der Waals surface area contributed by atoms with E-state index in [1.807, 2.05) is 20.8 Å². The minimum absolute atomic E-state index is 0. The van der Waals surface area contributed by atoms with Crippen LogP contribution in [0, 0.1) is 11.7 Å². The van der Waals surface area contributed by atoms with E-state index in [0.29, 0.717) is 13.0 Å². The molecular formula is C17H29ClFN3O3S. The Morgan fingerprint density at radius 2 is 1.85 bits per heavy atom. The molecule has 1 amide bonds. The number of nitrogens with zero attached hydrogens (tertiary/aromatic N) is 1. The Hall–Kier alpha value is -1.22. The zero-order chi connectivity index (χ0) is 19.3. The van der Waals surface area contributed by atoms with E-state index in [2.05, 4.69) is 5.32 Å². The summed E-state index contributed by atoms with van der Waals surface area (Å²) in [5, 5.41) is 2.92. The lowest BCUT2D eigenvalue weighted by molar-refractivity contribution is -0.123. The fourth-order valence-electron chi connectivity index (χ4n) is 2.18. The first kappa shape index (κ1) is 24.8. The number of halogens is 2. The summed E-state index contributed by atoms with van der Waals surface area (Å²) >= 11 is 0. The van der Waals surface area contributed by atoms with Gasteiger partial charge in [-0.25, -0.2) is 17.1 Å². The molecule has 0 saturated carbocycles. The Morgan fingerprint density at radius 3 is 2.31 bits per heavy atom. The summed E-state index contributed by atoms with van der Waals surface area (Å²) in [6.07, 6.45) is 0.576. The summed E-state index contributed by atoms with van der Waals surface area (Å²) in [5.41, 5.74) is 5.25. The number of hydrogen-bond acceptors (Lipinski definition) is 4. The van der Waals surface area contributed by atoms with E-state index >= 15 is 0 Å². The summed E-state index contributed by atoms with van der Waals surface area (Å²) < 4.78 is 38.8. The van der Waals surface area contributed by atoms with Crippen molar-refractivity contribution in [3.05, 3.63) is 30.1 Å². The molecule has 0 aliphatic heterocycles. The Morgan fingerprint density at radius 1 is 1.31 bits per heavy atom. The molecule has 0 bridgehead atoms. The van der Waals surface area contributed by atoms with Gasteiger partial charge in [-0.05, 0) is 43.5 Å². The molecule has 6 nitrogen and oxygen atoms in total. The molecule has 9 heteroatoms. The molecule has 1 aromatic rings. The quantitative estimate of drug-likeness (QED) is 0.653. The second kappa shape index (κ2) is 10.2. The number of benzene rings is 1. The van der Waals surface area contributed by atoms with Crippen LogP contribution in [0.3, 0.4) is 0 Å². The first-order chi connectivity index (χ1) is 11.5. The number of amides is 1. The van der Waals surface area contributed by atoms with Gasteiger partial charge in [0.1, 0.15) is 5.82 Å². The maximum Gasteiger partial charge on any atom is 0.242 e. The molecule has 0 spiro atoms. The van der Waals surface area contributed by atoms with Crippen molar-refractivity contribution in [3.8, 4) is 0 Å². The normalized spacial score (nSPS) is 14.0. The van der Waals surface area contributed by atoms with Gasteiger partial charge in [0.25, 0.3) is 0 Å². The van der Waals surface area contributed by atoms with Crippen LogP contribution in [0.2, 0.25) is 0 Å². The molecule has 0 aliphatic carbocycles. The number of nitrogens with one attached hydrogen (secondary N) is 1. The molecule has 3 N–H and O–H groups in total. The van der Waals surface area contributed by atoms with E-state index in [9.17, 15) is 17.6 Å². The molecular weight excluding hydrogens is 381 g/mol. The van der Waals surface area contributed by atoms with Crippen LogP contribution >= 0.6 is 12.4 Å². The third-order valence-corrected chi connectivity index (χ3v) is 6.39. The molecule has 26 heavy (non-hydrogen) atoms. The van der Waals surface area contributed by atoms with Gasteiger partial charge in [-0.3, -0.25) is 4.79 Å². The van der Waals surface area contributed by atoms with Gasteiger partial charge in [0.2, 0.25) is 15.9 Å². The maximum atomic E-state index is 12.9. The van der Waals surface area contributed by atoms with Gasteiger partial charge >= 0.3 is 0 Å². The number of carbonyl (C=O) groups excluding carboxylic acids is 1. The number of carbonyl (C=O) groups is 1. The van der Waals surface area contributed by atoms with Crippen molar-refractivity contribution in [2.45, 2.75) is 44.0 Å². The molecule has 150 valence electrons.